The molecule has 1 amide bonds. The Morgan fingerprint density at radius 1 is 1.33 bits per heavy atom. The maximum atomic E-state index is 12.2. The molecule has 2 N–H and O–H groups in total. The first kappa shape index (κ1) is 14.6. The van der Waals surface area contributed by atoms with Crippen molar-refractivity contribution in [2.45, 2.75) is 13.8 Å². The van der Waals surface area contributed by atoms with Crippen molar-refractivity contribution < 1.29 is 24.0 Å². The summed E-state index contributed by atoms with van der Waals surface area (Å²) in [5.74, 6) is -0.826. The van der Waals surface area contributed by atoms with Crippen molar-refractivity contribution in [1.82, 2.24) is 5.16 Å². The smallest absolute Gasteiger partial charge is 0.337 e. The number of nitrogens with one attached hydrogen (secondary N) is 1. The van der Waals surface area contributed by atoms with Gasteiger partial charge in [-0.3, -0.25) is 4.79 Å². The summed E-state index contributed by atoms with van der Waals surface area (Å²) >= 11 is 0. The van der Waals surface area contributed by atoms with E-state index >= 15 is 0 Å². The third kappa shape index (κ3) is 2.86. The molecule has 7 heteroatoms. The Morgan fingerprint density at radius 2 is 2.05 bits per heavy atom. The molecule has 2 aromatic rings. The minimum Gasteiger partial charge on any atom is -0.497 e. The highest BCUT2D eigenvalue weighted by Crippen LogP contribution is 2.24. The number of aryl methyl sites for hydroxylation is 2. The van der Waals surface area contributed by atoms with Gasteiger partial charge in [0.25, 0.3) is 5.91 Å². The first-order chi connectivity index (χ1) is 9.93. The second-order valence-corrected chi connectivity index (χ2v) is 4.37. The van der Waals surface area contributed by atoms with Crippen molar-refractivity contribution in [2.75, 3.05) is 12.4 Å². The summed E-state index contributed by atoms with van der Waals surface area (Å²) < 4.78 is 9.96. The first-order valence-corrected chi connectivity index (χ1v) is 6.09. The maximum Gasteiger partial charge on any atom is 0.337 e. The average Bonchev–Trinajstić information content (AvgIpc) is 2.77. The lowest BCUT2D eigenvalue weighted by Crippen LogP contribution is -2.16. The zero-order chi connectivity index (χ0) is 15.6. The van der Waals surface area contributed by atoms with Gasteiger partial charge in [-0.25, -0.2) is 4.79 Å². The largest absolute Gasteiger partial charge is 0.497 e. The van der Waals surface area contributed by atoms with Gasteiger partial charge in [-0.05, 0) is 26.0 Å². The van der Waals surface area contributed by atoms with Gasteiger partial charge in [0.2, 0.25) is 0 Å². The predicted molar refractivity (Wildman–Crippen MR) is 73.9 cm³/mol. The lowest BCUT2D eigenvalue weighted by molar-refractivity contribution is 0.0698. The molecule has 0 radical (unpaired) electrons. The first-order valence-electron chi connectivity index (χ1n) is 6.09. The number of aromatic carboxylic acids is 1. The number of aromatic nitrogens is 1. The van der Waals surface area contributed by atoms with E-state index < -0.39 is 11.9 Å². The fourth-order valence-corrected chi connectivity index (χ4v) is 1.93. The Labute approximate surface area is 120 Å². The van der Waals surface area contributed by atoms with Gasteiger partial charge in [0.05, 0.1) is 24.1 Å². The Balaban J connectivity index is 2.38. The van der Waals surface area contributed by atoms with E-state index in [-0.39, 0.29) is 16.8 Å². The standard InChI is InChI=1S/C14H14N2O5/c1-7-12(8(2)21-16-7)13(17)15-11-6-9(20-3)4-5-10(11)14(18)19/h4-6H,1-3H3,(H,15,17)(H,18,19). The summed E-state index contributed by atoms with van der Waals surface area (Å²) in [6.07, 6.45) is 0. The highest BCUT2D eigenvalue weighted by atomic mass is 16.5. The number of ether oxygens (including phenoxy) is 1. The van der Waals surface area contributed by atoms with E-state index in [0.717, 1.165) is 0 Å². The number of benzene rings is 1. The van der Waals surface area contributed by atoms with Crippen molar-refractivity contribution in [3.8, 4) is 5.75 Å². The molecule has 1 heterocycles. The third-order valence-corrected chi connectivity index (χ3v) is 2.97. The summed E-state index contributed by atoms with van der Waals surface area (Å²) in [5.41, 5.74) is 0.835. The van der Waals surface area contributed by atoms with Crippen LogP contribution in [0.15, 0.2) is 22.7 Å². The molecule has 1 aromatic heterocycles. The van der Waals surface area contributed by atoms with Gasteiger partial charge in [-0.15, -0.1) is 0 Å². The van der Waals surface area contributed by atoms with Gasteiger partial charge in [-0.2, -0.15) is 0 Å². The number of rotatable bonds is 4. The molecule has 0 spiro atoms. The van der Waals surface area contributed by atoms with E-state index in [4.69, 9.17) is 14.4 Å². The highest BCUT2D eigenvalue weighted by molar-refractivity contribution is 6.08. The Morgan fingerprint density at radius 3 is 2.57 bits per heavy atom. The molecule has 21 heavy (non-hydrogen) atoms. The molecule has 0 unspecified atom stereocenters. The number of carboxylic acid groups (broad SMARTS) is 1. The molecule has 7 nitrogen and oxygen atoms in total. The van der Waals surface area contributed by atoms with Crippen molar-refractivity contribution in [2.24, 2.45) is 0 Å². The number of carboxylic acids is 1. The molecular weight excluding hydrogens is 276 g/mol. The molecule has 2 rings (SSSR count). The molecule has 1 aromatic carbocycles. The summed E-state index contributed by atoms with van der Waals surface area (Å²) in [4.78, 5) is 23.4. The molecule has 0 saturated heterocycles. The fraction of sp³-hybridized carbons (Fsp3) is 0.214. The van der Waals surface area contributed by atoms with Gasteiger partial charge in [0.1, 0.15) is 17.1 Å². The van der Waals surface area contributed by atoms with Gasteiger partial charge in [0.15, 0.2) is 0 Å². The number of nitrogens with zero attached hydrogens (tertiary/aromatic N) is 1. The van der Waals surface area contributed by atoms with Crippen molar-refractivity contribution in [3.63, 3.8) is 0 Å². The van der Waals surface area contributed by atoms with Crippen LogP contribution in [0.3, 0.4) is 0 Å². The monoisotopic (exact) mass is 290 g/mol. The van der Waals surface area contributed by atoms with Crippen LogP contribution in [0.1, 0.15) is 32.2 Å². The van der Waals surface area contributed by atoms with Crippen LogP contribution in [0.5, 0.6) is 5.75 Å². The summed E-state index contributed by atoms with van der Waals surface area (Å²) in [6.45, 7) is 3.24. The normalized spacial score (nSPS) is 10.2. The Hall–Kier alpha value is -2.83. The average molecular weight is 290 g/mol. The minimum absolute atomic E-state index is 0.0316. The Kier molecular flexibility index (Phi) is 3.93. The van der Waals surface area contributed by atoms with Gasteiger partial charge in [0, 0.05) is 6.07 Å². The van der Waals surface area contributed by atoms with Crippen molar-refractivity contribution in [1.29, 1.82) is 0 Å². The number of carbonyl (C=O) groups excluding carboxylic acids is 1. The number of anilines is 1. The molecule has 0 aliphatic heterocycles. The number of methoxy groups -OCH3 is 1. The molecule has 0 aliphatic carbocycles. The van der Waals surface area contributed by atoms with Crippen LogP contribution >= 0.6 is 0 Å². The van der Waals surface area contributed by atoms with Gasteiger partial charge >= 0.3 is 5.97 Å². The molecule has 0 fully saturated rings. The van der Waals surface area contributed by atoms with Crippen LogP contribution in [-0.2, 0) is 0 Å². The van der Waals surface area contributed by atoms with E-state index in [2.05, 4.69) is 10.5 Å². The lowest BCUT2D eigenvalue weighted by atomic mass is 10.1. The number of carbonyl (C=O) groups is 2. The fourth-order valence-electron chi connectivity index (χ4n) is 1.93. The molecule has 110 valence electrons. The Bertz CT molecular complexity index is 686. The topological polar surface area (TPSA) is 102 Å². The summed E-state index contributed by atoms with van der Waals surface area (Å²) in [6, 6.07) is 4.32. The quantitative estimate of drug-likeness (QED) is 0.895. The van der Waals surface area contributed by atoms with E-state index in [1.807, 2.05) is 0 Å². The molecule has 0 aliphatic rings. The summed E-state index contributed by atoms with van der Waals surface area (Å²) in [5, 5.41) is 15.4. The van der Waals surface area contributed by atoms with Crippen molar-refractivity contribution in [3.05, 3.63) is 40.8 Å². The zero-order valence-corrected chi connectivity index (χ0v) is 11.8. The number of hydrogen-bond acceptors (Lipinski definition) is 5. The van der Waals surface area contributed by atoms with Crippen LogP contribution < -0.4 is 10.1 Å². The second kappa shape index (κ2) is 5.66. The second-order valence-electron chi connectivity index (χ2n) is 4.37. The minimum atomic E-state index is -1.15. The number of hydrogen-bond donors (Lipinski definition) is 2. The molecule has 0 bridgehead atoms. The van der Waals surface area contributed by atoms with E-state index in [1.165, 1.54) is 25.3 Å². The van der Waals surface area contributed by atoms with Crippen LogP contribution in [0, 0.1) is 13.8 Å². The van der Waals surface area contributed by atoms with Gasteiger partial charge < -0.3 is 19.7 Å². The maximum absolute atomic E-state index is 12.2. The molecular formula is C14H14N2O5. The molecule has 0 atom stereocenters. The van der Waals surface area contributed by atoms with Gasteiger partial charge in [-0.1, -0.05) is 5.16 Å². The van der Waals surface area contributed by atoms with E-state index in [0.29, 0.717) is 17.2 Å². The number of amides is 1. The van der Waals surface area contributed by atoms with E-state index in [9.17, 15) is 9.59 Å². The zero-order valence-electron chi connectivity index (χ0n) is 11.8. The SMILES string of the molecule is COc1ccc(C(=O)O)c(NC(=O)c2c(C)noc2C)c1. The van der Waals surface area contributed by atoms with Crippen molar-refractivity contribution >= 4 is 17.6 Å². The van der Waals surface area contributed by atoms with Crippen LogP contribution in [-0.4, -0.2) is 29.2 Å². The predicted octanol–water partition coefficient (Wildman–Crippen LogP) is 2.25. The van der Waals surface area contributed by atoms with E-state index in [1.54, 1.807) is 13.8 Å². The third-order valence-electron chi connectivity index (χ3n) is 2.97. The lowest BCUT2D eigenvalue weighted by Gasteiger charge is -2.10. The van der Waals surface area contributed by atoms with Crippen LogP contribution in [0.4, 0.5) is 5.69 Å². The molecule has 0 saturated carbocycles. The summed E-state index contributed by atoms with van der Waals surface area (Å²) in [7, 11) is 1.45. The van der Waals surface area contributed by atoms with Crippen LogP contribution in [0.25, 0.3) is 0 Å². The highest BCUT2D eigenvalue weighted by Gasteiger charge is 2.20. The van der Waals surface area contributed by atoms with Crippen LogP contribution in [0.2, 0.25) is 0 Å².